The Kier molecular flexibility index (Phi) is 4.31. The molecule has 0 aliphatic carbocycles. The lowest BCUT2D eigenvalue weighted by atomic mass is 10.3. The third-order valence-electron chi connectivity index (χ3n) is 2.33. The summed E-state index contributed by atoms with van der Waals surface area (Å²) in [5.74, 6) is -1.54. The number of aromatic carboxylic acids is 1. The third-order valence-corrected chi connectivity index (χ3v) is 3.25. The number of ether oxygens (including phenoxy) is 1. The van der Waals surface area contributed by atoms with Crippen LogP contribution in [0.4, 0.5) is 0 Å². The van der Waals surface area contributed by atoms with Gasteiger partial charge in [0.1, 0.15) is 10.7 Å². The summed E-state index contributed by atoms with van der Waals surface area (Å²) in [7, 11) is 1.28. The van der Waals surface area contributed by atoms with Crippen LogP contribution in [0.1, 0.15) is 20.8 Å². The van der Waals surface area contributed by atoms with Crippen LogP contribution in [0.15, 0.2) is 46.6 Å². The van der Waals surface area contributed by atoms with Gasteiger partial charge >= 0.3 is 11.9 Å². The molecule has 0 saturated heterocycles. The molecule has 0 saturated carbocycles. The van der Waals surface area contributed by atoms with Gasteiger partial charge in [-0.15, -0.1) is 0 Å². The van der Waals surface area contributed by atoms with E-state index in [1.165, 1.54) is 43.4 Å². The first-order chi connectivity index (χ1) is 9.60. The minimum absolute atomic E-state index is 0.157. The monoisotopic (exact) mass is 290 g/mol. The van der Waals surface area contributed by atoms with Crippen molar-refractivity contribution in [2.45, 2.75) is 9.92 Å². The van der Waals surface area contributed by atoms with E-state index >= 15 is 0 Å². The van der Waals surface area contributed by atoms with Gasteiger partial charge in [-0.3, -0.25) is 0 Å². The second-order valence-corrected chi connectivity index (χ2v) is 4.75. The summed E-state index contributed by atoms with van der Waals surface area (Å²) in [6.45, 7) is 0. The van der Waals surface area contributed by atoms with E-state index in [1.54, 1.807) is 12.1 Å². The number of hydrogen-bond acceptors (Lipinski definition) is 6. The summed E-state index contributed by atoms with van der Waals surface area (Å²) in [5.41, 5.74) is 0.344. The van der Waals surface area contributed by atoms with Crippen LogP contribution in [-0.2, 0) is 4.74 Å². The Morgan fingerprint density at radius 3 is 2.65 bits per heavy atom. The van der Waals surface area contributed by atoms with Crippen molar-refractivity contribution in [1.82, 2.24) is 9.97 Å². The van der Waals surface area contributed by atoms with Crippen LogP contribution in [0.25, 0.3) is 0 Å². The van der Waals surface area contributed by atoms with Crippen molar-refractivity contribution in [2.24, 2.45) is 0 Å². The van der Waals surface area contributed by atoms with Crippen molar-refractivity contribution < 1.29 is 19.4 Å². The number of nitrogens with zero attached hydrogens (tertiary/aromatic N) is 2. The smallest absolute Gasteiger partial charge is 0.356 e. The maximum absolute atomic E-state index is 11.4. The van der Waals surface area contributed by atoms with E-state index in [-0.39, 0.29) is 11.3 Å². The number of carbonyl (C=O) groups excluding carboxylic acids is 1. The fourth-order valence-electron chi connectivity index (χ4n) is 1.41. The standard InChI is InChI=1S/C13H10N2O4S/c1-19-13(18)10-7-9(3-5-14-10)20-11-6-8(12(16)17)2-4-15-11/h2-7H,1H3,(H,16,17). The largest absolute Gasteiger partial charge is 0.478 e. The summed E-state index contributed by atoms with van der Waals surface area (Å²) in [4.78, 5) is 30.9. The van der Waals surface area contributed by atoms with Gasteiger partial charge in [0.15, 0.2) is 0 Å². The number of esters is 1. The van der Waals surface area contributed by atoms with Crippen LogP contribution >= 0.6 is 11.8 Å². The first-order valence-electron chi connectivity index (χ1n) is 5.51. The minimum Gasteiger partial charge on any atom is -0.478 e. The van der Waals surface area contributed by atoms with Crippen LogP contribution in [0, 0.1) is 0 Å². The summed E-state index contributed by atoms with van der Waals surface area (Å²) >= 11 is 1.24. The first kappa shape index (κ1) is 14.0. The molecule has 102 valence electrons. The quantitative estimate of drug-likeness (QED) is 0.862. The molecule has 0 aromatic carbocycles. The van der Waals surface area contributed by atoms with Crippen LogP contribution in [0.3, 0.4) is 0 Å². The zero-order valence-corrected chi connectivity index (χ0v) is 11.3. The molecule has 0 aliphatic rings. The van der Waals surface area contributed by atoms with Crippen molar-refractivity contribution in [3.05, 3.63) is 47.9 Å². The molecule has 2 aromatic heterocycles. The first-order valence-corrected chi connectivity index (χ1v) is 6.33. The van der Waals surface area contributed by atoms with Crippen LogP contribution in [-0.4, -0.2) is 34.1 Å². The molecule has 1 N–H and O–H groups in total. The molecule has 0 radical (unpaired) electrons. The van der Waals surface area contributed by atoms with Gasteiger partial charge in [0.05, 0.1) is 12.7 Å². The molecule has 2 aromatic rings. The Labute approximate surface area is 118 Å². The Hall–Kier alpha value is -2.41. The number of carboxylic acid groups (broad SMARTS) is 1. The minimum atomic E-state index is -1.01. The highest BCUT2D eigenvalue weighted by Crippen LogP contribution is 2.26. The molecule has 7 heteroatoms. The molecular weight excluding hydrogens is 280 g/mol. The molecular formula is C13H10N2O4S. The summed E-state index contributed by atoms with van der Waals surface area (Å²) in [6.07, 6.45) is 2.91. The van der Waals surface area contributed by atoms with Gasteiger partial charge < -0.3 is 9.84 Å². The van der Waals surface area contributed by atoms with Gasteiger partial charge in [-0.05, 0) is 24.3 Å². The number of pyridine rings is 2. The van der Waals surface area contributed by atoms with Crippen molar-refractivity contribution in [3.8, 4) is 0 Å². The van der Waals surface area contributed by atoms with E-state index in [0.29, 0.717) is 5.03 Å². The molecule has 0 atom stereocenters. The fraction of sp³-hybridized carbons (Fsp3) is 0.0769. The molecule has 0 amide bonds. The van der Waals surface area contributed by atoms with Gasteiger partial charge in [-0.25, -0.2) is 19.6 Å². The average Bonchev–Trinajstić information content (AvgIpc) is 2.47. The lowest BCUT2D eigenvalue weighted by Gasteiger charge is -2.03. The maximum atomic E-state index is 11.4. The summed E-state index contributed by atoms with van der Waals surface area (Å²) < 4.78 is 4.59. The molecule has 0 aliphatic heterocycles. The Balaban J connectivity index is 2.24. The number of hydrogen-bond donors (Lipinski definition) is 1. The molecule has 2 heterocycles. The van der Waals surface area contributed by atoms with E-state index in [1.807, 2.05) is 0 Å². The highest BCUT2D eigenvalue weighted by atomic mass is 32.2. The lowest BCUT2D eigenvalue weighted by Crippen LogP contribution is -2.03. The lowest BCUT2D eigenvalue weighted by molar-refractivity contribution is 0.0593. The number of rotatable bonds is 4. The van der Waals surface area contributed by atoms with Crippen molar-refractivity contribution >= 4 is 23.7 Å². The van der Waals surface area contributed by atoms with Gasteiger partial charge in [0.25, 0.3) is 0 Å². The maximum Gasteiger partial charge on any atom is 0.356 e. The summed E-state index contributed by atoms with van der Waals surface area (Å²) in [6, 6.07) is 6.14. The van der Waals surface area contributed by atoms with Gasteiger partial charge in [-0.1, -0.05) is 11.8 Å². The van der Waals surface area contributed by atoms with Gasteiger partial charge in [-0.2, -0.15) is 0 Å². The molecule has 20 heavy (non-hydrogen) atoms. The van der Waals surface area contributed by atoms with E-state index < -0.39 is 11.9 Å². The third kappa shape index (κ3) is 3.33. The SMILES string of the molecule is COC(=O)c1cc(Sc2cc(C(=O)O)ccn2)ccn1. The molecule has 0 bridgehead atoms. The second-order valence-electron chi connectivity index (χ2n) is 3.66. The summed E-state index contributed by atoms with van der Waals surface area (Å²) in [5, 5.41) is 9.44. The highest BCUT2D eigenvalue weighted by molar-refractivity contribution is 7.99. The number of carboxylic acids is 1. The van der Waals surface area contributed by atoms with E-state index in [2.05, 4.69) is 14.7 Å². The molecule has 6 nitrogen and oxygen atoms in total. The highest BCUT2D eigenvalue weighted by Gasteiger charge is 2.10. The second kappa shape index (κ2) is 6.16. The van der Waals surface area contributed by atoms with Crippen LogP contribution in [0.2, 0.25) is 0 Å². The Morgan fingerprint density at radius 2 is 1.95 bits per heavy atom. The van der Waals surface area contributed by atoms with Crippen molar-refractivity contribution in [1.29, 1.82) is 0 Å². The fourth-order valence-corrected chi connectivity index (χ4v) is 2.25. The molecule has 0 unspecified atom stereocenters. The van der Waals surface area contributed by atoms with Crippen molar-refractivity contribution in [2.75, 3.05) is 7.11 Å². The van der Waals surface area contributed by atoms with Gasteiger partial charge in [0, 0.05) is 17.3 Å². The van der Waals surface area contributed by atoms with E-state index in [9.17, 15) is 9.59 Å². The number of aromatic nitrogens is 2. The molecule has 0 fully saturated rings. The zero-order valence-electron chi connectivity index (χ0n) is 10.4. The molecule has 0 spiro atoms. The number of carbonyl (C=O) groups is 2. The average molecular weight is 290 g/mol. The Morgan fingerprint density at radius 1 is 1.20 bits per heavy atom. The Bertz CT molecular complexity index is 660. The normalized spacial score (nSPS) is 10.1. The topological polar surface area (TPSA) is 89.4 Å². The van der Waals surface area contributed by atoms with Crippen LogP contribution < -0.4 is 0 Å². The van der Waals surface area contributed by atoms with E-state index in [0.717, 1.165) is 4.90 Å². The van der Waals surface area contributed by atoms with Crippen molar-refractivity contribution in [3.63, 3.8) is 0 Å². The predicted octanol–water partition coefficient (Wildman–Crippen LogP) is 2.11. The van der Waals surface area contributed by atoms with E-state index in [4.69, 9.17) is 5.11 Å². The predicted molar refractivity (Wildman–Crippen MR) is 70.9 cm³/mol. The zero-order chi connectivity index (χ0) is 14.5. The molecule has 2 rings (SSSR count). The van der Waals surface area contributed by atoms with Crippen LogP contribution in [0.5, 0.6) is 0 Å². The number of methoxy groups -OCH3 is 1. The van der Waals surface area contributed by atoms with Gasteiger partial charge in [0.2, 0.25) is 0 Å².